The van der Waals surface area contributed by atoms with Gasteiger partial charge in [0.2, 0.25) is 10.0 Å². The van der Waals surface area contributed by atoms with Crippen molar-refractivity contribution in [2.75, 3.05) is 55.7 Å². The highest BCUT2D eigenvalue weighted by atomic mass is 79.9. The summed E-state index contributed by atoms with van der Waals surface area (Å²) >= 11 is 3.50. The number of anilines is 3. The maximum Gasteiger partial charge on any atom is 0.292 e. The highest BCUT2D eigenvalue weighted by Gasteiger charge is 2.28. The summed E-state index contributed by atoms with van der Waals surface area (Å²) in [5.74, 6) is 0. The normalized spacial score (nSPS) is 15.8. The van der Waals surface area contributed by atoms with E-state index < -0.39 is 16.3 Å². The summed E-state index contributed by atoms with van der Waals surface area (Å²) in [6, 6.07) is 5.72. The number of oxazole rings is 1. The lowest BCUT2D eigenvalue weighted by Crippen LogP contribution is -2.44. The summed E-state index contributed by atoms with van der Waals surface area (Å²) in [5.41, 5.74) is 7.33. The van der Waals surface area contributed by atoms with E-state index in [2.05, 4.69) is 47.7 Å². The summed E-state index contributed by atoms with van der Waals surface area (Å²) in [6.07, 6.45) is 2.42. The molecule has 198 valence electrons. The molecule has 2 heterocycles. The molecular formula is C23H39BrN6O4S. The Balaban J connectivity index is 0.00000210. The van der Waals surface area contributed by atoms with Gasteiger partial charge in [-0.15, -0.1) is 0 Å². The molecule has 1 fully saturated rings. The van der Waals surface area contributed by atoms with E-state index in [4.69, 9.17) is 10.2 Å². The number of aromatic nitrogens is 1. The molecule has 1 aliphatic heterocycles. The number of nitrogens with one attached hydrogen (secondary N) is 2. The Morgan fingerprint density at radius 3 is 2.60 bits per heavy atom. The molecule has 0 amide bonds. The van der Waals surface area contributed by atoms with Crippen LogP contribution in [0.1, 0.15) is 52.0 Å². The number of benzene rings is 1. The van der Waals surface area contributed by atoms with Crippen molar-refractivity contribution in [2.24, 2.45) is 0 Å². The maximum absolute atomic E-state index is 12.7. The first-order valence-electron chi connectivity index (χ1n) is 12.1. The molecule has 1 aliphatic rings. The minimum Gasteiger partial charge on any atom is -0.432 e. The molecule has 1 atom stereocenters. The fraction of sp³-hybridized carbons (Fsp3) is 0.609. The van der Waals surface area contributed by atoms with E-state index in [0.717, 1.165) is 36.2 Å². The number of hydrogen-bond acceptors (Lipinski definition) is 9. The maximum atomic E-state index is 12.7. The van der Waals surface area contributed by atoms with Gasteiger partial charge in [0.25, 0.3) is 6.01 Å². The van der Waals surface area contributed by atoms with Crippen molar-refractivity contribution in [3.8, 4) is 0 Å². The molecule has 35 heavy (non-hydrogen) atoms. The van der Waals surface area contributed by atoms with Gasteiger partial charge in [-0.3, -0.25) is 0 Å². The molecule has 0 aliphatic carbocycles. The zero-order valence-electron chi connectivity index (χ0n) is 21.0. The van der Waals surface area contributed by atoms with Gasteiger partial charge in [-0.25, -0.2) is 13.1 Å². The number of likely N-dealkylation sites (tertiary alicyclic amines) is 1. The van der Waals surface area contributed by atoms with Crippen molar-refractivity contribution in [2.45, 2.75) is 51.5 Å². The number of sulfonamides is 1. The van der Waals surface area contributed by atoms with E-state index in [0.29, 0.717) is 31.6 Å². The molecular weight excluding hydrogens is 536 g/mol. The summed E-state index contributed by atoms with van der Waals surface area (Å²) < 4.78 is 33.9. The Bertz CT molecular complexity index is 1010. The van der Waals surface area contributed by atoms with E-state index in [-0.39, 0.29) is 17.0 Å². The number of nitrogens with zero attached hydrogens (tertiary/aromatic N) is 3. The van der Waals surface area contributed by atoms with E-state index in [1.165, 1.54) is 6.26 Å². The highest BCUT2D eigenvalue weighted by molar-refractivity contribution is 9.10. The molecule has 5 N–H and O–H groups in total. The average molecular weight is 576 g/mol. The van der Waals surface area contributed by atoms with Crippen LogP contribution in [0, 0.1) is 0 Å². The van der Waals surface area contributed by atoms with Gasteiger partial charge in [-0.2, -0.15) is 4.98 Å². The lowest BCUT2D eigenvalue weighted by Gasteiger charge is -2.29. The van der Waals surface area contributed by atoms with Crippen LogP contribution in [0.3, 0.4) is 0 Å². The third-order valence-electron chi connectivity index (χ3n) is 5.71. The van der Waals surface area contributed by atoms with Crippen LogP contribution in [0.2, 0.25) is 0 Å². The van der Waals surface area contributed by atoms with Crippen LogP contribution >= 0.6 is 15.9 Å². The van der Waals surface area contributed by atoms with Crippen LogP contribution in [0.25, 0.3) is 0 Å². The smallest absolute Gasteiger partial charge is 0.292 e. The van der Waals surface area contributed by atoms with E-state index >= 15 is 0 Å². The van der Waals surface area contributed by atoms with Gasteiger partial charge >= 0.3 is 0 Å². The fourth-order valence-corrected chi connectivity index (χ4v) is 5.65. The van der Waals surface area contributed by atoms with Gasteiger partial charge in [0.1, 0.15) is 12.0 Å². The first-order valence-corrected chi connectivity index (χ1v) is 14.4. The summed E-state index contributed by atoms with van der Waals surface area (Å²) in [5, 5.41) is 13.1. The second-order valence-electron chi connectivity index (χ2n) is 8.25. The third kappa shape index (κ3) is 8.64. The molecule has 0 spiro atoms. The standard InChI is InChI=1S/C21H33BrN6O4S.C2H6/c1-3-9-28(12-8-24-33(30,31)16-6-10-27(2)11-7-16)15-4-5-17(22)18(13-15)25-20(29)19-14-32-21(23)26-19;1-2/h4-5,13-14,16,20,24-25,29H,3,6-12H2,1-2H3,(H2,23,26);1-2H3. The van der Waals surface area contributed by atoms with Crippen molar-refractivity contribution in [3.05, 3.63) is 34.6 Å². The van der Waals surface area contributed by atoms with E-state index in [1.807, 2.05) is 39.1 Å². The fourth-order valence-electron chi connectivity index (χ4n) is 3.84. The molecule has 1 unspecified atom stereocenters. The zero-order chi connectivity index (χ0) is 26.0. The average Bonchev–Trinajstić information content (AvgIpc) is 3.28. The van der Waals surface area contributed by atoms with Crippen molar-refractivity contribution >= 4 is 43.3 Å². The van der Waals surface area contributed by atoms with Gasteiger partial charge < -0.3 is 30.4 Å². The second-order valence-corrected chi connectivity index (χ2v) is 11.2. The van der Waals surface area contributed by atoms with Crippen LogP contribution in [-0.4, -0.2) is 68.4 Å². The number of rotatable bonds is 11. The minimum absolute atomic E-state index is 0.0181. The number of nitrogen functional groups attached to an aromatic ring is 1. The number of piperidine rings is 1. The minimum atomic E-state index is -3.34. The van der Waals surface area contributed by atoms with Crippen molar-refractivity contribution in [3.63, 3.8) is 0 Å². The Morgan fingerprint density at radius 2 is 2.00 bits per heavy atom. The van der Waals surface area contributed by atoms with Gasteiger partial charge in [0.15, 0.2) is 6.23 Å². The highest BCUT2D eigenvalue weighted by Crippen LogP contribution is 2.30. The number of aliphatic hydroxyl groups is 1. The third-order valence-corrected chi connectivity index (χ3v) is 8.36. The van der Waals surface area contributed by atoms with Crippen molar-refractivity contribution in [1.29, 1.82) is 0 Å². The lowest BCUT2D eigenvalue weighted by atomic mass is 10.1. The van der Waals surface area contributed by atoms with E-state index in [9.17, 15) is 13.5 Å². The zero-order valence-corrected chi connectivity index (χ0v) is 23.4. The quantitative estimate of drug-likeness (QED) is 0.297. The summed E-state index contributed by atoms with van der Waals surface area (Å²) in [4.78, 5) is 8.21. The van der Waals surface area contributed by atoms with Gasteiger partial charge in [-0.1, -0.05) is 20.8 Å². The Kier molecular flexibility index (Phi) is 11.8. The largest absolute Gasteiger partial charge is 0.432 e. The predicted molar refractivity (Wildman–Crippen MR) is 145 cm³/mol. The number of aliphatic hydroxyl groups excluding tert-OH is 1. The SMILES string of the molecule is CC.CCCN(CCNS(=O)(=O)C1CCN(C)CC1)c1ccc(Br)c(NC(O)c2coc(N)n2)c1. The first-order chi connectivity index (χ1) is 16.7. The number of halogens is 1. The topological polar surface area (TPSA) is 137 Å². The van der Waals surface area contributed by atoms with Crippen LogP contribution in [0.15, 0.2) is 33.4 Å². The van der Waals surface area contributed by atoms with E-state index in [1.54, 1.807) is 0 Å². The molecule has 0 saturated carbocycles. The van der Waals surface area contributed by atoms with Gasteiger partial charge in [0, 0.05) is 29.8 Å². The van der Waals surface area contributed by atoms with Gasteiger partial charge in [0.05, 0.1) is 10.9 Å². The summed E-state index contributed by atoms with van der Waals surface area (Å²) in [6.45, 7) is 9.30. The van der Waals surface area contributed by atoms with Crippen LogP contribution < -0.4 is 20.7 Å². The molecule has 1 saturated heterocycles. The molecule has 3 rings (SSSR count). The van der Waals surface area contributed by atoms with Crippen LogP contribution in [-0.2, 0) is 10.0 Å². The molecule has 0 radical (unpaired) electrons. The van der Waals surface area contributed by atoms with Crippen molar-refractivity contribution in [1.82, 2.24) is 14.6 Å². The number of nitrogens with two attached hydrogens (primary N) is 1. The molecule has 1 aromatic carbocycles. The molecule has 2 aromatic rings. The Labute approximate surface area is 217 Å². The Hall–Kier alpha value is -1.86. The summed E-state index contributed by atoms with van der Waals surface area (Å²) in [7, 11) is -1.33. The predicted octanol–water partition coefficient (Wildman–Crippen LogP) is 3.38. The van der Waals surface area contributed by atoms with Crippen LogP contribution in [0.5, 0.6) is 0 Å². The van der Waals surface area contributed by atoms with Crippen molar-refractivity contribution < 1.29 is 17.9 Å². The second kappa shape index (κ2) is 14.0. The molecule has 0 bridgehead atoms. The number of hydrogen-bond donors (Lipinski definition) is 4. The molecule has 1 aromatic heterocycles. The van der Waals surface area contributed by atoms with Crippen LogP contribution in [0.4, 0.5) is 17.4 Å². The molecule has 10 nitrogen and oxygen atoms in total. The monoisotopic (exact) mass is 574 g/mol. The lowest BCUT2D eigenvalue weighted by molar-refractivity contribution is 0.203. The first kappa shape index (κ1) is 29.4. The van der Waals surface area contributed by atoms with Gasteiger partial charge in [-0.05, 0) is 73.5 Å². The Morgan fingerprint density at radius 1 is 1.31 bits per heavy atom. The molecule has 12 heteroatoms.